The number of amides is 2. The second-order valence-corrected chi connectivity index (χ2v) is 6.31. The third kappa shape index (κ3) is 3.89. The minimum absolute atomic E-state index is 0.0545. The molecule has 1 aliphatic rings. The molecule has 6 heteroatoms. The summed E-state index contributed by atoms with van der Waals surface area (Å²) in [5.41, 5.74) is 1.68. The first kappa shape index (κ1) is 17.0. The van der Waals surface area contributed by atoms with E-state index in [0.29, 0.717) is 19.0 Å². The second kappa shape index (κ2) is 7.86. The second-order valence-electron chi connectivity index (χ2n) is 6.31. The van der Waals surface area contributed by atoms with Crippen molar-refractivity contribution >= 4 is 17.4 Å². The summed E-state index contributed by atoms with van der Waals surface area (Å²) < 4.78 is 5.88. The number of ether oxygens (including phenoxy) is 1. The number of nitrogens with zero attached hydrogens (tertiary/aromatic N) is 4. The first-order valence-corrected chi connectivity index (χ1v) is 8.93. The highest BCUT2D eigenvalue weighted by Gasteiger charge is 2.32. The minimum atomic E-state index is -0.0720. The molecule has 0 N–H and O–H groups in total. The van der Waals surface area contributed by atoms with Gasteiger partial charge in [-0.3, -0.25) is 4.90 Å². The zero-order valence-electron chi connectivity index (χ0n) is 14.8. The van der Waals surface area contributed by atoms with E-state index >= 15 is 0 Å². The first-order valence-electron chi connectivity index (χ1n) is 8.93. The average molecular weight is 360 g/mol. The summed E-state index contributed by atoms with van der Waals surface area (Å²) in [6, 6.07) is 21.1. The lowest BCUT2D eigenvalue weighted by molar-refractivity contribution is 0.187. The van der Waals surface area contributed by atoms with Crippen molar-refractivity contribution in [3.8, 4) is 5.88 Å². The number of likely N-dealkylation sites (tertiary alicyclic amines) is 1. The van der Waals surface area contributed by atoms with Crippen molar-refractivity contribution in [2.75, 3.05) is 18.0 Å². The molecule has 1 aliphatic heterocycles. The van der Waals surface area contributed by atoms with Crippen molar-refractivity contribution in [1.29, 1.82) is 0 Å². The zero-order valence-corrected chi connectivity index (χ0v) is 14.8. The van der Waals surface area contributed by atoms with Crippen molar-refractivity contribution in [2.45, 2.75) is 12.5 Å². The van der Waals surface area contributed by atoms with E-state index in [1.807, 2.05) is 65.6 Å². The Morgan fingerprint density at radius 1 is 1.00 bits per heavy atom. The van der Waals surface area contributed by atoms with Crippen molar-refractivity contribution < 1.29 is 9.53 Å². The van der Waals surface area contributed by atoms with Gasteiger partial charge in [0.25, 0.3) is 0 Å². The summed E-state index contributed by atoms with van der Waals surface area (Å²) in [5.74, 6) is 0.535. The van der Waals surface area contributed by atoms with Gasteiger partial charge in [-0.1, -0.05) is 36.4 Å². The maximum absolute atomic E-state index is 13.3. The largest absolute Gasteiger partial charge is 0.472 e. The lowest BCUT2D eigenvalue weighted by Gasteiger charge is -2.28. The Kier molecular flexibility index (Phi) is 4.96. The van der Waals surface area contributed by atoms with E-state index in [-0.39, 0.29) is 12.1 Å². The number of rotatable bonds is 4. The quantitative estimate of drug-likeness (QED) is 0.708. The van der Waals surface area contributed by atoms with Crippen LogP contribution in [0.15, 0.2) is 79.3 Å². The van der Waals surface area contributed by atoms with Crippen LogP contribution in [0.25, 0.3) is 0 Å². The Morgan fingerprint density at radius 2 is 1.67 bits per heavy atom. The van der Waals surface area contributed by atoms with Crippen LogP contribution in [-0.2, 0) is 0 Å². The molecule has 2 amide bonds. The van der Waals surface area contributed by atoms with Crippen LogP contribution in [0.3, 0.4) is 0 Å². The Balaban J connectivity index is 1.52. The highest BCUT2D eigenvalue weighted by atomic mass is 16.5. The molecule has 1 aromatic heterocycles. The van der Waals surface area contributed by atoms with Gasteiger partial charge in [0.05, 0.1) is 17.9 Å². The molecule has 27 heavy (non-hydrogen) atoms. The SMILES string of the molecule is O=C(N1CC[C@H](Oc2ccncn2)C1)N(c1ccccc1)c1ccccc1. The van der Waals surface area contributed by atoms with Crippen LogP contribution >= 0.6 is 0 Å². The Morgan fingerprint density at radius 3 is 2.26 bits per heavy atom. The van der Waals surface area contributed by atoms with Gasteiger partial charge in [-0.15, -0.1) is 0 Å². The normalized spacial score (nSPS) is 16.1. The third-order valence-electron chi connectivity index (χ3n) is 4.48. The Labute approximate surface area is 158 Å². The van der Waals surface area contributed by atoms with Crippen molar-refractivity contribution in [1.82, 2.24) is 14.9 Å². The Hall–Kier alpha value is -3.41. The van der Waals surface area contributed by atoms with E-state index in [4.69, 9.17) is 4.74 Å². The summed E-state index contributed by atoms with van der Waals surface area (Å²) >= 11 is 0. The van der Waals surface area contributed by atoms with Gasteiger partial charge >= 0.3 is 6.03 Å². The molecule has 3 aromatic rings. The van der Waals surface area contributed by atoms with Crippen molar-refractivity contribution in [3.63, 3.8) is 0 Å². The van der Waals surface area contributed by atoms with Crippen LogP contribution in [0.1, 0.15) is 6.42 Å². The number of urea groups is 1. The molecule has 2 aromatic carbocycles. The fourth-order valence-corrected chi connectivity index (χ4v) is 3.18. The summed E-state index contributed by atoms with van der Waals surface area (Å²) in [6.45, 7) is 1.17. The van der Waals surface area contributed by atoms with Gasteiger partial charge in [0.2, 0.25) is 5.88 Å². The van der Waals surface area contributed by atoms with Crippen molar-refractivity contribution in [3.05, 3.63) is 79.3 Å². The minimum Gasteiger partial charge on any atom is -0.472 e. The van der Waals surface area contributed by atoms with E-state index in [2.05, 4.69) is 9.97 Å². The number of hydrogen-bond donors (Lipinski definition) is 0. The first-order chi connectivity index (χ1) is 13.3. The smallest absolute Gasteiger partial charge is 0.329 e. The summed E-state index contributed by atoms with van der Waals surface area (Å²) in [4.78, 5) is 24.9. The predicted octanol–water partition coefficient (Wildman–Crippen LogP) is 3.89. The number of para-hydroxylation sites is 2. The topological polar surface area (TPSA) is 58.6 Å². The predicted molar refractivity (Wildman–Crippen MR) is 103 cm³/mol. The molecular weight excluding hydrogens is 340 g/mol. The monoisotopic (exact) mass is 360 g/mol. The van der Waals surface area contributed by atoms with Crippen LogP contribution in [0, 0.1) is 0 Å². The maximum atomic E-state index is 13.3. The maximum Gasteiger partial charge on any atom is 0.329 e. The number of anilines is 2. The molecule has 0 spiro atoms. The summed E-state index contributed by atoms with van der Waals surface area (Å²) in [6.07, 6.45) is 3.80. The molecular formula is C21H20N4O2. The molecule has 1 atom stereocenters. The number of aromatic nitrogens is 2. The molecule has 0 radical (unpaired) electrons. The average Bonchev–Trinajstić information content (AvgIpc) is 3.19. The molecule has 6 nitrogen and oxygen atoms in total. The fourth-order valence-electron chi connectivity index (χ4n) is 3.18. The third-order valence-corrected chi connectivity index (χ3v) is 4.48. The summed E-state index contributed by atoms with van der Waals surface area (Å²) in [5, 5.41) is 0. The molecule has 0 unspecified atom stereocenters. The van der Waals surface area contributed by atoms with Crippen LogP contribution in [-0.4, -0.2) is 40.1 Å². The number of hydrogen-bond acceptors (Lipinski definition) is 4. The van der Waals surface area contributed by atoms with Gasteiger partial charge < -0.3 is 9.64 Å². The zero-order chi connectivity index (χ0) is 18.5. The van der Waals surface area contributed by atoms with E-state index in [0.717, 1.165) is 17.8 Å². The lowest BCUT2D eigenvalue weighted by atomic mass is 10.2. The molecule has 2 heterocycles. The molecule has 1 fully saturated rings. The van der Waals surface area contributed by atoms with E-state index in [9.17, 15) is 4.79 Å². The van der Waals surface area contributed by atoms with Crippen LogP contribution in [0.4, 0.5) is 16.2 Å². The summed E-state index contributed by atoms with van der Waals surface area (Å²) in [7, 11) is 0. The molecule has 0 saturated carbocycles. The van der Waals surface area contributed by atoms with Crippen LogP contribution in [0.2, 0.25) is 0 Å². The molecule has 1 saturated heterocycles. The van der Waals surface area contributed by atoms with Gasteiger partial charge in [-0.2, -0.15) is 0 Å². The van der Waals surface area contributed by atoms with Crippen LogP contribution in [0.5, 0.6) is 5.88 Å². The van der Waals surface area contributed by atoms with E-state index in [1.165, 1.54) is 6.33 Å². The molecule has 4 rings (SSSR count). The van der Waals surface area contributed by atoms with Crippen molar-refractivity contribution in [2.24, 2.45) is 0 Å². The number of carbonyl (C=O) groups is 1. The number of carbonyl (C=O) groups excluding carboxylic acids is 1. The number of benzene rings is 2. The van der Waals surface area contributed by atoms with E-state index < -0.39 is 0 Å². The fraction of sp³-hybridized carbons (Fsp3) is 0.190. The van der Waals surface area contributed by atoms with Gasteiger partial charge in [0.1, 0.15) is 12.4 Å². The van der Waals surface area contributed by atoms with Gasteiger partial charge in [-0.25, -0.2) is 14.8 Å². The highest BCUT2D eigenvalue weighted by Crippen LogP contribution is 2.28. The van der Waals surface area contributed by atoms with Gasteiger partial charge in [-0.05, 0) is 24.3 Å². The lowest BCUT2D eigenvalue weighted by Crippen LogP contribution is -2.40. The van der Waals surface area contributed by atoms with Crippen LogP contribution < -0.4 is 9.64 Å². The highest BCUT2D eigenvalue weighted by molar-refractivity contribution is 5.99. The molecule has 136 valence electrons. The van der Waals surface area contributed by atoms with E-state index in [1.54, 1.807) is 17.2 Å². The van der Waals surface area contributed by atoms with Gasteiger partial charge in [0, 0.05) is 25.2 Å². The Bertz CT molecular complexity index is 835. The molecule has 0 bridgehead atoms. The molecule has 0 aliphatic carbocycles. The standard InChI is InChI=1S/C21H20N4O2/c26-21(24-14-12-19(15-24)27-20-11-13-22-16-23-20)25(17-7-3-1-4-8-17)18-9-5-2-6-10-18/h1-11,13,16,19H,12,14-15H2/t19-/m0/s1. The van der Waals surface area contributed by atoms with Gasteiger partial charge in [0.15, 0.2) is 0 Å².